The molecule has 1 heterocycles. The van der Waals surface area contributed by atoms with E-state index in [1.807, 2.05) is 0 Å². The van der Waals surface area contributed by atoms with Crippen molar-refractivity contribution in [2.75, 3.05) is 36.3 Å². The van der Waals surface area contributed by atoms with Crippen molar-refractivity contribution in [2.45, 2.75) is 9.79 Å². The van der Waals surface area contributed by atoms with E-state index in [9.17, 15) is 26.4 Å². The quantitative estimate of drug-likeness (QED) is 0.152. The van der Waals surface area contributed by atoms with Crippen LogP contribution in [-0.2, 0) is 39.1 Å². The van der Waals surface area contributed by atoms with Crippen LogP contribution in [0.1, 0.15) is 0 Å². The largest absolute Gasteiger partial charge is 0.497 e. The topological polar surface area (TPSA) is 159 Å². The van der Waals surface area contributed by atoms with Gasteiger partial charge in [0.1, 0.15) is 11.5 Å². The fourth-order valence-electron chi connectivity index (χ4n) is 4.02. The molecule has 0 bridgehead atoms. The van der Waals surface area contributed by atoms with Gasteiger partial charge in [0.15, 0.2) is 19.3 Å². The SMILES string of the molecule is COc1ccc(S(=O)(=O)N(COC=O)c2cnc(N(COC=O)S(=O)(=O)c3ccc(OC)cc3)c3ccccc23)cc1. The molecule has 13 nitrogen and oxygen atoms in total. The number of aromatic nitrogens is 1. The van der Waals surface area contributed by atoms with Crippen molar-refractivity contribution in [3.05, 3.63) is 79.0 Å². The van der Waals surface area contributed by atoms with Crippen LogP contribution in [0, 0.1) is 0 Å². The Hall–Kier alpha value is -4.89. The van der Waals surface area contributed by atoms with Gasteiger partial charge in [-0.05, 0) is 48.5 Å². The standard InChI is InChI=1S/C27H25N3O10S2/c1-37-20-7-11-22(12-8-20)41(33,34)29(16-39-18-31)26-15-28-27(25-6-4-3-5-24(25)26)30(17-40-19-32)42(35,36)23-13-9-21(38-2)10-14-23/h3-15,18-19H,16-17H2,1-2H3. The van der Waals surface area contributed by atoms with Gasteiger partial charge in [0.05, 0.1) is 35.9 Å². The molecule has 42 heavy (non-hydrogen) atoms. The van der Waals surface area contributed by atoms with Crippen LogP contribution in [0.2, 0.25) is 0 Å². The summed E-state index contributed by atoms with van der Waals surface area (Å²) in [4.78, 5) is 26.2. The number of hydrogen-bond acceptors (Lipinski definition) is 11. The van der Waals surface area contributed by atoms with Crippen molar-refractivity contribution < 1.29 is 45.4 Å². The summed E-state index contributed by atoms with van der Waals surface area (Å²) >= 11 is 0. The summed E-state index contributed by atoms with van der Waals surface area (Å²) < 4.78 is 76.4. The molecule has 0 amide bonds. The number of sulfonamides is 2. The van der Waals surface area contributed by atoms with E-state index in [4.69, 9.17) is 18.9 Å². The number of carbonyl (C=O) groups is 2. The monoisotopic (exact) mass is 615 g/mol. The highest BCUT2D eigenvalue weighted by Gasteiger charge is 2.32. The smallest absolute Gasteiger partial charge is 0.294 e. The van der Waals surface area contributed by atoms with Crippen LogP contribution in [0.4, 0.5) is 11.5 Å². The van der Waals surface area contributed by atoms with Crippen molar-refractivity contribution in [2.24, 2.45) is 0 Å². The number of benzene rings is 3. The van der Waals surface area contributed by atoms with Gasteiger partial charge in [-0.15, -0.1) is 0 Å². The molecule has 0 N–H and O–H groups in total. The number of rotatable bonds is 14. The zero-order valence-electron chi connectivity index (χ0n) is 22.3. The van der Waals surface area contributed by atoms with E-state index in [-0.39, 0.29) is 45.0 Å². The van der Waals surface area contributed by atoms with Crippen LogP contribution >= 0.6 is 0 Å². The summed E-state index contributed by atoms with van der Waals surface area (Å²) in [6.07, 6.45) is 1.13. The Morgan fingerprint density at radius 1 is 0.667 bits per heavy atom. The molecule has 0 saturated carbocycles. The van der Waals surface area contributed by atoms with Crippen molar-refractivity contribution in [3.8, 4) is 11.5 Å². The summed E-state index contributed by atoms with van der Waals surface area (Å²) in [6, 6.07) is 17.4. The number of anilines is 2. The fraction of sp³-hybridized carbons (Fsp3) is 0.148. The molecular weight excluding hydrogens is 590 g/mol. The van der Waals surface area contributed by atoms with Gasteiger partial charge in [0.2, 0.25) is 0 Å². The van der Waals surface area contributed by atoms with Crippen molar-refractivity contribution in [3.63, 3.8) is 0 Å². The van der Waals surface area contributed by atoms with Crippen LogP contribution in [-0.4, -0.2) is 62.4 Å². The van der Waals surface area contributed by atoms with Crippen molar-refractivity contribution in [1.82, 2.24) is 4.98 Å². The molecular formula is C27H25N3O10S2. The summed E-state index contributed by atoms with van der Waals surface area (Å²) in [5, 5.41) is 0.442. The molecule has 220 valence electrons. The molecule has 0 unspecified atom stereocenters. The van der Waals surface area contributed by atoms with E-state index in [2.05, 4.69) is 4.98 Å². The Labute approximate surface area is 241 Å². The normalized spacial score (nSPS) is 11.4. The summed E-state index contributed by atoms with van der Waals surface area (Å²) in [6.45, 7) is -1.24. The number of pyridine rings is 1. The molecule has 4 aromatic rings. The van der Waals surface area contributed by atoms with Gasteiger partial charge in [0, 0.05) is 10.8 Å². The number of fused-ring (bicyclic) bond motifs is 1. The number of ether oxygens (including phenoxy) is 4. The van der Waals surface area contributed by atoms with Crippen LogP contribution in [0.3, 0.4) is 0 Å². The van der Waals surface area contributed by atoms with E-state index in [0.29, 0.717) is 11.5 Å². The Morgan fingerprint density at radius 2 is 1.12 bits per heavy atom. The zero-order valence-corrected chi connectivity index (χ0v) is 23.9. The molecule has 3 aromatic carbocycles. The number of methoxy groups -OCH3 is 2. The van der Waals surface area contributed by atoms with Gasteiger partial charge < -0.3 is 18.9 Å². The summed E-state index contributed by atoms with van der Waals surface area (Å²) in [5.41, 5.74) is -0.00915. The first kappa shape index (κ1) is 30.1. The number of nitrogens with zero attached hydrogens (tertiary/aromatic N) is 3. The number of hydrogen-bond donors (Lipinski definition) is 0. The van der Waals surface area contributed by atoms with Crippen LogP contribution in [0.15, 0.2) is 88.8 Å². The minimum absolute atomic E-state index is 0.00915. The van der Waals surface area contributed by atoms with Crippen LogP contribution < -0.4 is 18.1 Å². The lowest BCUT2D eigenvalue weighted by molar-refractivity contribution is -0.129. The highest BCUT2D eigenvalue weighted by atomic mass is 32.2. The molecule has 4 rings (SSSR count). The number of carbonyl (C=O) groups excluding carboxylic acids is 2. The highest BCUT2D eigenvalue weighted by Crippen LogP contribution is 2.37. The lowest BCUT2D eigenvalue weighted by atomic mass is 10.1. The van der Waals surface area contributed by atoms with Crippen LogP contribution in [0.5, 0.6) is 11.5 Å². The first-order valence-electron chi connectivity index (χ1n) is 12.0. The third kappa shape index (κ3) is 5.91. The zero-order chi connectivity index (χ0) is 30.3. The third-order valence-electron chi connectivity index (χ3n) is 6.07. The van der Waals surface area contributed by atoms with Crippen molar-refractivity contribution >= 4 is 55.3 Å². The maximum absolute atomic E-state index is 13.7. The Kier molecular flexibility index (Phi) is 9.12. The Morgan fingerprint density at radius 3 is 1.60 bits per heavy atom. The van der Waals surface area contributed by atoms with E-state index in [1.54, 1.807) is 18.2 Å². The van der Waals surface area contributed by atoms with E-state index >= 15 is 0 Å². The molecule has 1 aromatic heterocycles. The molecule has 0 atom stereocenters. The van der Waals surface area contributed by atoms with Crippen molar-refractivity contribution in [1.29, 1.82) is 0 Å². The Balaban J connectivity index is 1.89. The second-order valence-electron chi connectivity index (χ2n) is 8.35. The first-order valence-corrected chi connectivity index (χ1v) is 14.9. The maximum Gasteiger partial charge on any atom is 0.294 e. The van der Waals surface area contributed by atoms with Gasteiger partial charge in [-0.1, -0.05) is 24.3 Å². The van der Waals surface area contributed by atoms with E-state index < -0.39 is 33.5 Å². The summed E-state index contributed by atoms with van der Waals surface area (Å²) in [7, 11) is -5.81. The van der Waals surface area contributed by atoms with Gasteiger partial charge in [0.25, 0.3) is 33.0 Å². The lowest BCUT2D eigenvalue weighted by Gasteiger charge is -2.27. The Bertz CT molecular complexity index is 1650. The highest BCUT2D eigenvalue weighted by molar-refractivity contribution is 7.93. The van der Waals surface area contributed by atoms with E-state index in [1.165, 1.54) is 68.8 Å². The fourth-order valence-corrected chi connectivity index (χ4v) is 6.67. The van der Waals surface area contributed by atoms with Gasteiger partial charge in [-0.3, -0.25) is 9.59 Å². The molecule has 0 spiro atoms. The molecule has 0 saturated heterocycles. The first-order chi connectivity index (χ1) is 20.2. The molecule has 0 aliphatic rings. The maximum atomic E-state index is 13.7. The van der Waals surface area contributed by atoms with E-state index in [0.717, 1.165) is 14.8 Å². The van der Waals surface area contributed by atoms with Gasteiger partial charge in [-0.2, -0.15) is 0 Å². The second-order valence-corrected chi connectivity index (χ2v) is 12.1. The molecule has 15 heteroatoms. The minimum atomic E-state index is -4.35. The lowest BCUT2D eigenvalue weighted by Crippen LogP contribution is -2.35. The summed E-state index contributed by atoms with van der Waals surface area (Å²) in [5.74, 6) is 0.704. The molecule has 0 aliphatic heterocycles. The third-order valence-corrected chi connectivity index (χ3v) is 9.55. The average molecular weight is 616 g/mol. The van der Waals surface area contributed by atoms with Gasteiger partial charge >= 0.3 is 0 Å². The van der Waals surface area contributed by atoms with Crippen LogP contribution in [0.25, 0.3) is 10.8 Å². The minimum Gasteiger partial charge on any atom is -0.497 e. The predicted octanol–water partition coefficient (Wildman–Crippen LogP) is 2.90. The molecule has 0 fully saturated rings. The van der Waals surface area contributed by atoms with Gasteiger partial charge in [-0.25, -0.2) is 30.4 Å². The second kappa shape index (κ2) is 12.7. The predicted molar refractivity (Wildman–Crippen MR) is 151 cm³/mol. The average Bonchev–Trinajstić information content (AvgIpc) is 3.01. The molecule has 0 radical (unpaired) electrons. The molecule has 0 aliphatic carbocycles.